The van der Waals surface area contributed by atoms with Crippen LogP contribution in [0.4, 0.5) is 0 Å². The summed E-state index contributed by atoms with van der Waals surface area (Å²) in [6.07, 6.45) is 18.1. The van der Waals surface area contributed by atoms with Crippen molar-refractivity contribution in [3.63, 3.8) is 0 Å². The molecule has 0 saturated heterocycles. The first-order valence-corrected chi connectivity index (χ1v) is 14.2. The van der Waals surface area contributed by atoms with Crippen LogP contribution < -0.4 is 5.43 Å². The van der Waals surface area contributed by atoms with Gasteiger partial charge in [0.05, 0.1) is 11.9 Å². The number of amides is 1. The van der Waals surface area contributed by atoms with Gasteiger partial charge in [-0.1, -0.05) is 117 Å². The van der Waals surface area contributed by atoms with Gasteiger partial charge in [-0.2, -0.15) is 10.2 Å². The predicted molar refractivity (Wildman–Crippen MR) is 154 cm³/mol. The number of nitrogens with one attached hydrogen (secondary N) is 1. The average Bonchev–Trinajstić information content (AvgIpc) is 3.32. The summed E-state index contributed by atoms with van der Waals surface area (Å²) in [4.78, 5) is 12.3. The van der Waals surface area contributed by atoms with Crippen molar-refractivity contribution in [2.24, 2.45) is 5.10 Å². The third-order valence-corrected chi connectivity index (χ3v) is 6.81. The molecule has 0 fully saturated rings. The number of unbranched alkanes of at least 4 members (excludes halogenated alkanes) is 10. The number of hydrazone groups is 1. The number of halogens is 1. The number of benzene rings is 2. The number of hydrogen-bond donors (Lipinski definition) is 1. The number of para-hydroxylation sites is 1. The van der Waals surface area contributed by atoms with Crippen molar-refractivity contribution >= 4 is 28.1 Å². The standard InChI is InChI=1S/C30H39BrN4O/c1-2-3-4-5-6-7-8-9-10-11-15-18-29(36)33-32-23-26-24-35(28-16-13-12-14-17-28)34-30(26)25-19-21-27(31)22-20-25/h12-14,16-17,19-24H,2-11,15,18H2,1H3,(H,33,36)/b32-23+. The van der Waals surface area contributed by atoms with Gasteiger partial charge in [-0.05, 0) is 30.7 Å². The number of rotatable bonds is 16. The van der Waals surface area contributed by atoms with E-state index in [1.54, 1.807) is 6.21 Å². The molecule has 1 aromatic heterocycles. The Hall–Kier alpha value is -2.73. The molecule has 0 radical (unpaired) electrons. The lowest BCUT2D eigenvalue weighted by Crippen LogP contribution is -2.16. The quantitative estimate of drug-likeness (QED) is 0.110. The minimum atomic E-state index is -0.0391. The summed E-state index contributed by atoms with van der Waals surface area (Å²) in [7, 11) is 0. The van der Waals surface area contributed by atoms with Gasteiger partial charge < -0.3 is 0 Å². The molecule has 0 bridgehead atoms. The monoisotopic (exact) mass is 550 g/mol. The fourth-order valence-electron chi connectivity index (χ4n) is 4.21. The maximum atomic E-state index is 12.3. The van der Waals surface area contributed by atoms with E-state index in [0.29, 0.717) is 6.42 Å². The van der Waals surface area contributed by atoms with Gasteiger partial charge in [0.2, 0.25) is 5.91 Å². The molecule has 0 atom stereocenters. The minimum absolute atomic E-state index is 0.0391. The van der Waals surface area contributed by atoms with Gasteiger partial charge in [-0.3, -0.25) is 4.79 Å². The van der Waals surface area contributed by atoms with Gasteiger partial charge in [-0.25, -0.2) is 10.1 Å². The molecule has 0 aliphatic heterocycles. The molecule has 0 aliphatic rings. The highest BCUT2D eigenvalue weighted by atomic mass is 79.9. The fourth-order valence-corrected chi connectivity index (χ4v) is 4.47. The molecule has 1 N–H and O–H groups in total. The van der Waals surface area contributed by atoms with Gasteiger partial charge in [0.25, 0.3) is 0 Å². The Morgan fingerprint density at radius 1 is 0.889 bits per heavy atom. The lowest BCUT2D eigenvalue weighted by molar-refractivity contribution is -0.121. The van der Waals surface area contributed by atoms with Crippen molar-refractivity contribution < 1.29 is 4.79 Å². The second-order valence-electron chi connectivity index (χ2n) is 9.30. The van der Waals surface area contributed by atoms with E-state index in [0.717, 1.165) is 39.8 Å². The van der Waals surface area contributed by atoms with Crippen LogP contribution in [0.1, 0.15) is 89.5 Å². The Bertz CT molecular complexity index is 1060. The lowest BCUT2D eigenvalue weighted by Gasteiger charge is -2.03. The first-order chi connectivity index (χ1) is 17.7. The molecule has 0 unspecified atom stereocenters. The van der Waals surface area contributed by atoms with Crippen LogP contribution in [-0.4, -0.2) is 21.9 Å². The van der Waals surface area contributed by atoms with E-state index in [2.05, 4.69) is 33.4 Å². The van der Waals surface area contributed by atoms with Gasteiger partial charge in [0, 0.05) is 28.2 Å². The van der Waals surface area contributed by atoms with Gasteiger partial charge in [0.15, 0.2) is 0 Å². The van der Waals surface area contributed by atoms with Crippen molar-refractivity contribution in [1.82, 2.24) is 15.2 Å². The summed E-state index contributed by atoms with van der Waals surface area (Å²) in [5.74, 6) is -0.0391. The van der Waals surface area contributed by atoms with Crippen LogP contribution in [0, 0.1) is 0 Å². The van der Waals surface area contributed by atoms with E-state index in [4.69, 9.17) is 5.10 Å². The zero-order chi connectivity index (χ0) is 25.4. The van der Waals surface area contributed by atoms with E-state index < -0.39 is 0 Å². The zero-order valence-corrected chi connectivity index (χ0v) is 23.0. The fraction of sp³-hybridized carbons (Fsp3) is 0.433. The van der Waals surface area contributed by atoms with Crippen molar-refractivity contribution in [2.45, 2.75) is 84.0 Å². The Morgan fingerprint density at radius 3 is 2.14 bits per heavy atom. The molecule has 0 saturated carbocycles. The number of carbonyl (C=O) groups is 1. The molecule has 1 amide bonds. The molecule has 192 valence electrons. The minimum Gasteiger partial charge on any atom is -0.273 e. The highest BCUT2D eigenvalue weighted by molar-refractivity contribution is 9.10. The van der Waals surface area contributed by atoms with E-state index in [-0.39, 0.29) is 5.91 Å². The van der Waals surface area contributed by atoms with Crippen LogP contribution in [0.5, 0.6) is 0 Å². The lowest BCUT2D eigenvalue weighted by atomic mass is 10.1. The predicted octanol–water partition coefficient (Wildman–Crippen LogP) is 8.45. The molecule has 6 heteroatoms. The Balaban J connectivity index is 1.44. The SMILES string of the molecule is CCCCCCCCCCCCCC(=O)N/N=C/c1cn(-c2ccccc2)nc1-c1ccc(Br)cc1. The molecule has 2 aromatic carbocycles. The molecule has 1 heterocycles. The Labute approximate surface area is 224 Å². The molecule has 0 spiro atoms. The highest BCUT2D eigenvalue weighted by Crippen LogP contribution is 2.24. The summed E-state index contributed by atoms with van der Waals surface area (Å²) in [6, 6.07) is 18.0. The topological polar surface area (TPSA) is 59.3 Å². The van der Waals surface area contributed by atoms with Crippen molar-refractivity contribution in [3.05, 3.63) is 70.8 Å². The first-order valence-electron chi connectivity index (χ1n) is 13.4. The maximum Gasteiger partial charge on any atom is 0.240 e. The number of nitrogens with zero attached hydrogens (tertiary/aromatic N) is 3. The molecule has 36 heavy (non-hydrogen) atoms. The van der Waals surface area contributed by atoms with E-state index in [1.807, 2.05) is 65.5 Å². The van der Waals surface area contributed by atoms with Gasteiger partial charge in [0.1, 0.15) is 5.69 Å². The largest absolute Gasteiger partial charge is 0.273 e. The molecular weight excluding hydrogens is 512 g/mol. The van der Waals surface area contributed by atoms with Crippen LogP contribution in [0.15, 0.2) is 70.4 Å². The summed E-state index contributed by atoms with van der Waals surface area (Å²) >= 11 is 3.49. The zero-order valence-electron chi connectivity index (χ0n) is 21.5. The normalized spacial score (nSPS) is 11.3. The first kappa shape index (κ1) is 27.9. The van der Waals surface area contributed by atoms with Crippen molar-refractivity contribution in [1.29, 1.82) is 0 Å². The molecular formula is C30H39BrN4O. The van der Waals surface area contributed by atoms with Crippen LogP contribution in [0.2, 0.25) is 0 Å². The van der Waals surface area contributed by atoms with Crippen LogP contribution in [-0.2, 0) is 4.79 Å². The number of hydrogen-bond acceptors (Lipinski definition) is 3. The van der Waals surface area contributed by atoms with E-state index in [9.17, 15) is 4.79 Å². The Morgan fingerprint density at radius 2 is 1.50 bits per heavy atom. The third-order valence-electron chi connectivity index (χ3n) is 6.28. The smallest absolute Gasteiger partial charge is 0.240 e. The number of aromatic nitrogens is 2. The van der Waals surface area contributed by atoms with Gasteiger partial charge >= 0.3 is 0 Å². The molecule has 3 aromatic rings. The van der Waals surface area contributed by atoms with Gasteiger partial charge in [-0.15, -0.1) is 0 Å². The molecule has 3 rings (SSSR count). The molecule has 0 aliphatic carbocycles. The van der Waals surface area contributed by atoms with E-state index >= 15 is 0 Å². The van der Waals surface area contributed by atoms with Crippen LogP contribution in [0.25, 0.3) is 16.9 Å². The third kappa shape index (κ3) is 9.73. The second-order valence-corrected chi connectivity index (χ2v) is 10.2. The van der Waals surface area contributed by atoms with Crippen LogP contribution in [0.3, 0.4) is 0 Å². The summed E-state index contributed by atoms with van der Waals surface area (Å²) in [5, 5.41) is 9.02. The second kappa shape index (κ2) is 16.1. The van der Waals surface area contributed by atoms with E-state index in [1.165, 1.54) is 57.8 Å². The average molecular weight is 552 g/mol. The molecule has 5 nitrogen and oxygen atoms in total. The van der Waals surface area contributed by atoms with Crippen molar-refractivity contribution in [3.8, 4) is 16.9 Å². The summed E-state index contributed by atoms with van der Waals surface area (Å²) in [6.45, 7) is 2.26. The highest BCUT2D eigenvalue weighted by Gasteiger charge is 2.11. The van der Waals surface area contributed by atoms with Crippen molar-refractivity contribution in [2.75, 3.05) is 0 Å². The Kier molecular flexibility index (Phi) is 12.5. The van der Waals surface area contributed by atoms with Crippen LogP contribution >= 0.6 is 15.9 Å². The summed E-state index contributed by atoms with van der Waals surface area (Å²) < 4.78 is 2.85. The maximum absolute atomic E-state index is 12.3. The number of carbonyl (C=O) groups excluding carboxylic acids is 1. The summed E-state index contributed by atoms with van der Waals surface area (Å²) in [5.41, 5.74) is 6.30.